The topological polar surface area (TPSA) is 95.1 Å². The molecule has 2 amide bonds. The monoisotopic (exact) mass is 565 g/mol. The number of ether oxygens (including phenoxy) is 1. The maximum atomic E-state index is 12.7. The Balaban J connectivity index is 0.00000512. The zero-order valence-corrected chi connectivity index (χ0v) is 23.0. The molecule has 2 fully saturated rings. The van der Waals surface area contributed by atoms with Crippen molar-refractivity contribution >= 4 is 41.9 Å². The van der Waals surface area contributed by atoms with Gasteiger partial charge >= 0.3 is 6.09 Å². The molecule has 186 valence electrons. The molecule has 2 atom stereocenters. The minimum Gasteiger partial charge on any atom is -0.444 e. The fraction of sp³-hybridized carbons (Fsp3) is 0.870. The average Bonchev–Trinajstić information content (AvgIpc) is 3.35. The molecular weight excluding hydrogens is 521 g/mol. The molecule has 0 aromatic rings. The van der Waals surface area contributed by atoms with Crippen LogP contribution in [0.3, 0.4) is 0 Å². The van der Waals surface area contributed by atoms with E-state index < -0.39 is 11.7 Å². The molecule has 1 heterocycles. The van der Waals surface area contributed by atoms with Crippen LogP contribution in [-0.2, 0) is 9.53 Å². The predicted molar refractivity (Wildman–Crippen MR) is 139 cm³/mol. The number of hydrogen-bond acceptors (Lipinski definition) is 4. The van der Waals surface area contributed by atoms with Crippen LogP contribution < -0.4 is 16.0 Å². The molecule has 1 aliphatic carbocycles. The second-order valence-electron chi connectivity index (χ2n) is 10.1. The SMILES string of the molecule is CCNC(=NCC(NC(=O)OC(C)(C)C)C(C)C)NC1CCN(C(=O)C2CCCC2)C1.I. The van der Waals surface area contributed by atoms with Gasteiger partial charge in [0.2, 0.25) is 5.91 Å². The lowest BCUT2D eigenvalue weighted by atomic mass is 10.1. The highest BCUT2D eigenvalue weighted by molar-refractivity contribution is 14.0. The van der Waals surface area contributed by atoms with Crippen LogP contribution in [0.15, 0.2) is 4.99 Å². The Kier molecular flexibility index (Phi) is 12.1. The van der Waals surface area contributed by atoms with Gasteiger partial charge in [-0.3, -0.25) is 9.79 Å². The summed E-state index contributed by atoms with van der Waals surface area (Å²) in [5.41, 5.74) is -0.532. The van der Waals surface area contributed by atoms with E-state index in [2.05, 4.69) is 29.8 Å². The number of aliphatic imine (C=N–C) groups is 1. The summed E-state index contributed by atoms with van der Waals surface area (Å²) in [6.45, 7) is 14.4. The van der Waals surface area contributed by atoms with Crippen LogP contribution >= 0.6 is 24.0 Å². The van der Waals surface area contributed by atoms with Crippen LogP contribution in [-0.4, -0.2) is 66.7 Å². The summed E-state index contributed by atoms with van der Waals surface area (Å²) in [6.07, 6.45) is 4.94. The fourth-order valence-corrected chi connectivity index (χ4v) is 4.09. The lowest BCUT2D eigenvalue weighted by Gasteiger charge is -2.25. The normalized spacial score (nSPS) is 20.7. The van der Waals surface area contributed by atoms with Crippen molar-refractivity contribution in [3.63, 3.8) is 0 Å². The Bertz CT molecular complexity index is 630. The summed E-state index contributed by atoms with van der Waals surface area (Å²) < 4.78 is 5.39. The number of nitrogens with one attached hydrogen (secondary N) is 3. The van der Waals surface area contributed by atoms with Gasteiger partial charge in [0.15, 0.2) is 5.96 Å². The van der Waals surface area contributed by atoms with Crippen LogP contribution in [0.2, 0.25) is 0 Å². The number of carbonyl (C=O) groups is 2. The molecule has 1 aliphatic heterocycles. The number of guanidine groups is 1. The highest BCUT2D eigenvalue weighted by Gasteiger charge is 2.32. The first-order valence-electron chi connectivity index (χ1n) is 11.9. The Morgan fingerprint density at radius 2 is 1.81 bits per heavy atom. The van der Waals surface area contributed by atoms with Crippen molar-refractivity contribution in [2.45, 2.75) is 91.3 Å². The zero-order valence-electron chi connectivity index (χ0n) is 20.7. The van der Waals surface area contributed by atoms with Crippen molar-refractivity contribution in [2.75, 3.05) is 26.2 Å². The molecule has 1 saturated carbocycles. The second-order valence-corrected chi connectivity index (χ2v) is 10.1. The molecule has 3 N–H and O–H groups in total. The van der Waals surface area contributed by atoms with Crippen molar-refractivity contribution in [2.24, 2.45) is 16.8 Å². The molecule has 0 radical (unpaired) electrons. The largest absolute Gasteiger partial charge is 0.444 e. The van der Waals surface area contributed by atoms with E-state index in [0.717, 1.165) is 44.9 Å². The van der Waals surface area contributed by atoms with Gasteiger partial charge in [-0.25, -0.2) is 4.79 Å². The number of nitrogens with zero attached hydrogens (tertiary/aromatic N) is 2. The number of alkyl carbamates (subject to hydrolysis) is 1. The molecular formula is C23H44IN5O3. The van der Waals surface area contributed by atoms with E-state index in [0.29, 0.717) is 12.5 Å². The predicted octanol–water partition coefficient (Wildman–Crippen LogP) is 3.50. The van der Waals surface area contributed by atoms with E-state index in [1.807, 2.05) is 32.6 Å². The third-order valence-corrected chi connectivity index (χ3v) is 5.84. The first kappa shape index (κ1) is 28.8. The van der Waals surface area contributed by atoms with Gasteiger partial charge in [0.1, 0.15) is 5.60 Å². The molecule has 0 aromatic carbocycles. The van der Waals surface area contributed by atoms with Gasteiger partial charge in [0.05, 0.1) is 12.6 Å². The highest BCUT2D eigenvalue weighted by Crippen LogP contribution is 2.27. The number of rotatable bonds is 7. The van der Waals surface area contributed by atoms with Gasteiger partial charge in [0, 0.05) is 31.6 Å². The molecule has 2 unspecified atom stereocenters. The number of likely N-dealkylation sites (tertiary alicyclic amines) is 1. The summed E-state index contributed by atoms with van der Waals surface area (Å²) in [5.74, 6) is 1.49. The van der Waals surface area contributed by atoms with Crippen molar-refractivity contribution in [3.8, 4) is 0 Å². The van der Waals surface area contributed by atoms with E-state index in [1.54, 1.807) is 0 Å². The molecule has 0 spiro atoms. The Hall–Kier alpha value is -1.26. The van der Waals surface area contributed by atoms with Gasteiger partial charge in [-0.1, -0.05) is 26.7 Å². The summed E-state index contributed by atoms with van der Waals surface area (Å²) in [5, 5.41) is 9.71. The fourth-order valence-electron chi connectivity index (χ4n) is 4.09. The van der Waals surface area contributed by atoms with E-state index >= 15 is 0 Å². The van der Waals surface area contributed by atoms with Crippen molar-refractivity contribution in [1.82, 2.24) is 20.9 Å². The third kappa shape index (κ3) is 9.70. The molecule has 2 rings (SSSR count). The molecule has 32 heavy (non-hydrogen) atoms. The van der Waals surface area contributed by atoms with E-state index in [1.165, 1.54) is 12.8 Å². The molecule has 8 nitrogen and oxygen atoms in total. The van der Waals surface area contributed by atoms with E-state index in [9.17, 15) is 9.59 Å². The number of hydrogen-bond donors (Lipinski definition) is 3. The van der Waals surface area contributed by atoms with Crippen LogP contribution in [0, 0.1) is 11.8 Å². The molecule has 2 aliphatic rings. The first-order valence-corrected chi connectivity index (χ1v) is 11.9. The lowest BCUT2D eigenvalue weighted by molar-refractivity contribution is -0.134. The zero-order chi connectivity index (χ0) is 23.0. The van der Waals surface area contributed by atoms with Gasteiger partial charge < -0.3 is 25.6 Å². The molecule has 9 heteroatoms. The second kappa shape index (κ2) is 13.4. The van der Waals surface area contributed by atoms with Crippen molar-refractivity contribution in [1.29, 1.82) is 0 Å². The number of halogens is 1. The summed E-state index contributed by atoms with van der Waals surface area (Å²) >= 11 is 0. The van der Waals surface area contributed by atoms with Crippen LogP contribution in [0.5, 0.6) is 0 Å². The van der Waals surface area contributed by atoms with E-state index in [-0.39, 0.29) is 47.9 Å². The van der Waals surface area contributed by atoms with Gasteiger partial charge in [-0.2, -0.15) is 0 Å². The van der Waals surface area contributed by atoms with Gasteiger partial charge in [-0.05, 0) is 52.9 Å². The van der Waals surface area contributed by atoms with Crippen LogP contribution in [0.25, 0.3) is 0 Å². The quantitative estimate of drug-likeness (QED) is 0.250. The smallest absolute Gasteiger partial charge is 0.407 e. The average molecular weight is 566 g/mol. The number of amides is 2. The van der Waals surface area contributed by atoms with Crippen LogP contribution in [0.4, 0.5) is 4.79 Å². The summed E-state index contributed by atoms with van der Waals surface area (Å²) in [4.78, 5) is 31.6. The Morgan fingerprint density at radius 1 is 1.16 bits per heavy atom. The van der Waals surface area contributed by atoms with Crippen molar-refractivity contribution < 1.29 is 14.3 Å². The standard InChI is InChI=1S/C23H43N5O3.HI/c1-7-24-21(25-14-19(16(2)3)27-22(30)31-23(4,5)6)26-18-12-13-28(15-18)20(29)17-10-8-9-11-17;/h16-19H,7-15H2,1-6H3,(H,27,30)(H2,24,25,26);1H. The maximum absolute atomic E-state index is 12.7. The highest BCUT2D eigenvalue weighted by atomic mass is 127. The molecule has 0 bridgehead atoms. The Morgan fingerprint density at radius 3 is 2.38 bits per heavy atom. The minimum atomic E-state index is -0.532. The summed E-state index contributed by atoms with van der Waals surface area (Å²) in [6, 6.07) is 0.0637. The lowest BCUT2D eigenvalue weighted by Crippen LogP contribution is -2.47. The maximum Gasteiger partial charge on any atom is 0.407 e. The first-order chi connectivity index (χ1) is 14.6. The third-order valence-electron chi connectivity index (χ3n) is 5.84. The van der Waals surface area contributed by atoms with E-state index in [4.69, 9.17) is 9.73 Å². The molecule has 1 saturated heterocycles. The van der Waals surface area contributed by atoms with Crippen molar-refractivity contribution in [3.05, 3.63) is 0 Å². The number of carbonyl (C=O) groups excluding carboxylic acids is 2. The van der Waals surface area contributed by atoms with Gasteiger partial charge in [-0.15, -0.1) is 24.0 Å². The molecule has 0 aromatic heterocycles. The van der Waals surface area contributed by atoms with Gasteiger partial charge in [0.25, 0.3) is 0 Å². The van der Waals surface area contributed by atoms with Crippen LogP contribution in [0.1, 0.15) is 73.6 Å². The summed E-state index contributed by atoms with van der Waals surface area (Å²) in [7, 11) is 0. The minimum absolute atomic E-state index is 0. The Labute approximate surface area is 211 Å².